The molecule has 108 valence electrons. The van der Waals surface area contributed by atoms with Crippen LogP contribution in [0.1, 0.15) is 32.6 Å². The molecule has 0 aliphatic carbocycles. The molecule has 1 heterocycles. The van der Waals surface area contributed by atoms with Crippen LogP contribution in [0.3, 0.4) is 0 Å². The summed E-state index contributed by atoms with van der Waals surface area (Å²) in [5.41, 5.74) is 0.418. The molecule has 6 nitrogen and oxygen atoms in total. The monoisotopic (exact) mass is 278 g/mol. The first-order valence-corrected chi connectivity index (χ1v) is 6.37. The van der Waals surface area contributed by atoms with Crippen LogP contribution in [0.5, 0.6) is 0 Å². The van der Waals surface area contributed by atoms with Gasteiger partial charge in [-0.15, -0.1) is 0 Å². The second-order valence-electron chi connectivity index (χ2n) is 4.41. The van der Waals surface area contributed by atoms with Crippen molar-refractivity contribution in [2.24, 2.45) is 4.99 Å². The summed E-state index contributed by atoms with van der Waals surface area (Å²) in [7, 11) is 0. The van der Waals surface area contributed by atoms with E-state index in [0.29, 0.717) is 12.1 Å². The Balaban J connectivity index is 2.99. The van der Waals surface area contributed by atoms with Gasteiger partial charge in [0.1, 0.15) is 6.04 Å². The molecular weight excluding hydrogens is 260 g/mol. The summed E-state index contributed by atoms with van der Waals surface area (Å²) in [6.07, 6.45) is 5.90. The van der Waals surface area contributed by atoms with Crippen molar-refractivity contribution in [2.45, 2.75) is 38.6 Å². The number of carbonyl (C=O) groups is 3. The van der Waals surface area contributed by atoms with Gasteiger partial charge >= 0.3 is 5.97 Å². The van der Waals surface area contributed by atoms with Gasteiger partial charge in [-0.3, -0.25) is 19.5 Å². The van der Waals surface area contributed by atoms with Crippen LogP contribution in [0, 0.1) is 0 Å². The van der Waals surface area contributed by atoms with E-state index in [9.17, 15) is 19.5 Å². The number of aliphatic imine (C=N–C) groups is 1. The Morgan fingerprint density at radius 1 is 1.45 bits per heavy atom. The second-order valence-corrected chi connectivity index (χ2v) is 4.41. The minimum absolute atomic E-state index is 0.0410. The number of amides is 2. The van der Waals surface area contributed by atoms with Crippen LogP contribution < -0.4 is 0 Å². The van der Waals surface area contributed by atoms with Gasteiger partial charge in [-0.1, -0.05) is 12.2 Å². The molecule has 0 radical (unpaired) electrons. The maximum Gasteiger partial charge on any atom is 0.327 e. The predicted octanol–water partition coefficient (Wildman–Crippen LogP) is 1.53. The molecule has 1 N–H and O–H groups in total. The minimum Gasteiger partial charge on any atom is -0.480 e. The molecular formula is C14H18N2O4. The number of piperidine rings is 1. The standard InChI is InChI=1S/C14H18N2O4/c1-3-4-6-10(15-2)9-11(14(19)20)16-12(17)7-5-8-13(16)18/h3-4,6,11H,2,5,7-9H2,1H3,(H,19,20)/b4-3-,10-6-. The molecule has 1 rings (SSSR count). The first-order chi connectivity index (χ1) is 9.51. The number of hydrogen-bond donors (Lipinski definition) is 1. The molecule has 0 spiro atoms. The molecule has 1 fully saturated rings. The van der Waals surface area contributed by atoms with Gasteiger partial charge in [-0.05, 0) is 26.1 Å². The molecule has 0 bridgehead atoms. The van der Waals surface area contributed by atoms with Crippen molar-refractivity contribution in [1.29, 1.82) is 0 Å². The zero-order valence-corrected chi connectivity index (χ0v) is 11.4. The van der Waals surface area contributed by atoms with E-state index < -0.39 is 23.8 Å². The molecule has 1 unspecified atom stereocenters. The van der Waals surface area contributed by atoms with Crippen molar-refractivity contribution < 1.29 is 19.5 Å². The first kappa shape index (κ1) is 15.8. The average molecular weight is 278 g/mol. The minimum atomic E-state index is -1.22. The highest BCUT2D eigenvalue weighted by Crippen LogP contribution is 2.20. The Morgan fingerprint density at radius 2 is 2.05 bits per heavy atom. The number of aliphatic carboxylic acids is 1. The first-order valence-electron chi connectivity index (χ1n) is 6.37. The van der Waals surface area contributed by atoms with Crippen LogP contribution in [0.15, 0.2) is 28.9 Å². The Kier molecular flexibility index (Phi) is 5.83. The van der Waals surface area contributed by atoms with Gasteiger partial charge in [0.05, 0.1) is 0 Å². The number of nitrogens with zero attached hydrogens (tertiary/aromatic N) is 2. The molecule has 6 heteroatoms. The predicted molar refractivity (Wildman–Crippen MR) is 74.2 cm³/mol. The highest BCUT2D eigenvalue weighted by molar-refractivity contribution is 6.01. The maximum atomic E-state index is 11.8. The zero-order valence-electron chi connectivity index (χ0n) is 11.4. The van der Waals surface area contributed by atoms with Crippen molar-refractivity contribution in [3.8, 4) is 0 Å². The van der Waals surface area contributed by atoms with Gasteiger partial charge < -0.3 is 5.11 Å². The quantitative estimate of drug-likeness (QED) is 0.453. The molecule has 1 aliphatic rings. The summed E-state index contributed by atoms with van der Waals surface area (Å²) in [5, 5.41) is 9.28. The molecule has 0 saturated carbocycles. The lowest BCUT2D eigenvalue weighted by Crippen LogP contribution is -2.50. The summed E-state index contributed by atoms with van der Waals surface area (Å²) < 4.78 is 0. The van der Waals surface area contributed by atoms with E-state index in [0.717, 1.165) is 4.90 Å². The van der Waals surface area contributed by atoms with Crippen molar-refractivity contribution in [3.05, 3.63) is 23.9 Å². The van der Waals surface area contributed by atoms with Gasteiger partial charge in [0, 0.05) is 25.0 Å². The van der Waals surface area contributed by atoms with E-state index in [-0.39, 0.29) is 19.3 Å². The molecule has 1 aliphatic heterocycles. The largest absolute Gasteiger partial charge is 0.480 e. The summed E-state index contributed by atoms with van der Waals surface area (Å²) in [4.78, 5) is 39.5. The van der Waals surface area contributed by atoms with Gasteiger partial charge in [0.25, 0.3) is 0 Å². The van der Waals surface area contributed by atoms with Gasteiger partial charge in [0.2, 0.25) is 11.8 Å². The van der Waals surface area contributed by atoms with E-state index in [1.807, 2.05) is 6.92 Å². The third-order valence-electron chi connectivity index (χ3n) is 3.00. The fourth-order valence-electron chi connectivity index (χ4n) is 2.00. The summed E-state index contributed by atoms with van der Waals surface area (Å²) in [6, 6.07) is -1.22. The van der Waals surface area contributed by atoms with E-state index in [1.165, 1.54) is 0 Å². The molecule has 1 atom stereocenters. The van der Waals surface area contributed by atoms with Crippen molar-refractivity contribution in [1.82, 2.24) is 4.90 Å². The van der Waals surface area contributed by atoms with Gasteiger partial charge in [0.15, 0.2) is 0 Å². The fourth-order valence-corrected chi connectivity index (χ4v) is 2.00. The average Bonchev–Trinajstić information content (AvgIpc) is 2.40. The number of hydrogen-bond acceptors (Lipinski definition) is 4. The molecule has 0 aromatic rings. The van der Waals surface area contributed by atoms with E-state index in [1.54, 1.807) is 18.2 Å². The van der Waals surface area contributed by atoms with Crippen molar-refractivity contribution >= 4 is 24.5 Å². The Hall–Kier alpha value is -2.24. The second kappa shape index (κ2) is 7.37. The highest BCUT2D eigenvalue weighted by Gasteiger charge is 2.36. The van der Waals surface area contributed by atoms with Gasteiger partial charge in [-0.25, -0.2) is 4.79 Å². The summed E-state index contributed by atoms with van der Waals surface area (Å²) in [5.74, 6) is -2.10. The Bertz CT molecular complexity index is 464. The van der Waals surface area contributed by atoms with Crippen molar-refractivity contribution in [3.63, 3.8) is 0 Å². The molecule has 1 saturated heterocycles. The normalized spacial score (nSPS) is 18.4. The topological polar surface area (TPSA) is 87.0 Å². The third kappa shape index (κ3) is 3.88. The molecule has 2 amide bonds. The smallest absolute Gasteiger partial charge is 0.327 e. The van der Waals surface area contributed by atoms with Crippen LogP contribution in [0.4, 0.5) is 0 Å². The number of carbonyl (C=O) groups excluding carboxylic acids is 2. The Labute approximate surface area is 117 Å². The van der Waals surface area contributed by atoms with Crippen LogP contribution in [-0.4, -0.2) is 40.5 Å². The highest BCUT2D eigenvalue weighted by atomic mass is 16.4. The van der Waals surface area contributed by atoms with E-state index in [2.05, 4.69) is 11.7 Å². The van der Waals surface area contributed by atoms with Crippen molar-refractivity contribution in [2.75, 3.05) is 0 Å². The number of carboxylic acid groups (broad SMARTS) is 1. The summed E-state index contributed by atoms with van der Waals surface area (Å²) >= 11 is 0. The summed E-state index contributed by atoms with van der Waals surface area (Å²) in [6.45, 7) is 5.19. The van der Waals surface area contributed by atoms with Gasteiger partial charge in [-0.2, -0.15) is 0 Å². The van der Waals surface area contributed by atoms with Crippen LogP contribution in [0.2, 0.25) is 0 Å². The lowest BCUT2D eigenvalue weighted by molar-refractivity contribution is -0.160. The van der Waals surface area contributed by atoms with Crippen LogP contribution in [-0.2, 0) is 14.4 Å². The zero-order chi connectivity index (χ0) is 15.1. The maximum absolute atomic E-state index is 11.8. The number of rotatable bonds is 6. The van der Waals surface area contributed by atoms with Crippen LogP contribution >= 0.6 is 0 Å². The number of carboxylic acids is 1. The third-order valence-corrected chi connectivity index (χ3v) is 3.00. The Morgan fingerprint density at radius 3 is 2.50 bits per heavy atom. The van der Waals surface area contributed by atoms with E-state index in [4.69, 9.17) is 0 Å². The lowest BCUT2D eigenvalue weighted by Gasteiger charge is -2.30. The van der Waals surface area contributed by atoms with Crippen LogP contribution in [0.25, 0.3) is 0 Å². The lowest BCUT2D eigenvalue weighted by atomic mass is 10.0. The fraction of sp³-hybridized carbons (Fsp3) is 0.429. The molecule has 0 aromatic carbocycles. The molecule has 20 heavy (non-hydrogen) atoms. The van der Waals surface area contributed by atoms with E-state index >= 15 is 0 Å². The number of imide groups is 1. The SMILES string of the molecule is C=N/C(=C\C=C/C)CC(C(=O)O)N1C(=O)CCCC1=O. The number of allylic oxidation sites excluding steroid dienone is 3. The number of likely N-dealkylation sites (tertiary alicyclic amines) is 1. The molecule has 0 aromatic heterocycles.